The Morgan fingerprint density at radius 1 is 1.00 bits per heavy atom. The Morgan fingerprint density at radius 3 is 2.30 bits per heavy atom. The van der Waals surface area contributed by atoms with Gasteiger partial charge in [-0.2, -0.15) is 8.88 Å². The number of aromatic nitrogens is 5. The first-order valence-electron chi connectivity index (χ1n) is 15.3. The predicted octanol–water partition coefficient (Wildman–Crippen LogP) is -0.981. The van der Waals surface area contributed by atoms with Gasteiger partial charge in [-0.1, -0.05) is 24.6 Å². The number of phosphoric ester groups is 2. The van der Waals surface area contributed by atoms with E-state index in [1.807, 2.05) is 0 Å². The zero-order valence-corrected chi connectivity index (χ0v) is 28.6. The van der Waals surface area contributed by atoms with Crippen LogP contribution in [-0.4, -0.2) is 111 Å². The lowest BCUT2D eigenvalue weighted by Crippen LogP contribution is -2.46. The van der Waals surface area contributed by atoms with E-state index >= 15 is 0 Å². The molecule has 10 atom stereocenters. The van der Waals surface area contributed by atoms with E-state index in [1.54, 1.807) is 0 Å². The third-order valence-corrected chi connectivity index (χ3v) is 12.3. The van der Waals surface area contributed by atoms with Crippen LogP contribution in [0.4, 0.5) is 5.82 Å². The zero-order valence-electron chi connectivity index (χ0n) is 26.0. The van der Waals surface area contributed by atoms with Gasteiger partial charge in [0.25, 0.3) is 12.1 Å². The van der Waals surface area contributed by atoms with Crippen LogP contribution in [0.1, 0.15) is 48.5 Å². The lowest BCUT2D eigenvalue weighted by Gasteiger charge is -2.21. The fourth-order valence-electron chi connectivity index (χ4n) is 5.88. The Labute approximate surface area is 287 Å². The molecule has 2 unspecified atom stereocenters. The fraction of sp³-hybridized carbons (Fsp3) is 0.577. The Morgan fingerprint density at radius 2 is 1.64 bits per heavy atom. The monoisotopic (exact) mass is 764 g/mol. The highest BCUT2D eigenvalue weighted by atomic mass is 32.2. The van der Waals surface area contributed by atoms with Gasteiger partial charge in [-0.15, -0.1) is 0 Å². The number of rotatable bonds is 13. The molecule has 0 spiro atoms. The summed E-state index contributed by atoms with van der Waals surface area (Å²) in [5, 5.41) is 43.3. The third kappa shape index (κ3) is 7.88. The lowest BCUT2D eigenvalue weighted by atomic mass is 10.1. The number of thioether (sulfide) groups is 1. The van der Waals surface area contributed by atoms with Crippen LogP contribution in [0.5, 0.6) is 0 Å². The number of nitrogens with two attached hydrogens (primary N) is 2. The highest BCUT2D eigenvalue weighted by Gasteiger charge is 2.50. The van der Waals surface area contributed by atoms with Crippen LogP contribution in [0.15, 0.2) is 36.0 Å². The number of fused-ring (bicyclic) bond motifs is 1. The van der Waals surface area contributed by atoms with Crippen molar-refractivity contribution in [2.75, 3.05) is 18.9 Å². The van der Waals surface area contributed by atoms with Crippen LogP contribution in [0, 0.1) is 0 Å². The van der Waals surface area contributed by atoms with Crippen molar-refractivity contribution in [1.29, 1.82) is 0 Å². The molecule has 5 heterocycles. The number of carbonyl (C=O) groups is 1. The van der Waals surface area contributed by atoms with Crippen molar-refractivity contribution in [2.24, 2.45) is 5.73 Å². The number of amides is 1. The molecular formula is C26H36N7O14P2S+. The van der Waals surface area contributed by atoms with Gasteiger partial charge in [-0.05, 0) is 18.9 Å². The maximum absolute atomic E-state index is 12.7. The van der Waals surface area contributed by atoms with Crippen LogP contribution in [0.3, 0.4) is 0 Å². The summed E-state index contributed by atoms with van der Waals surface area (Å²) in [4.78, 5) is 44.6. The Balaban J connectivity index is 1.07. The van der Waals surface area contributed by atoms with Gasteiger partial charge in [0.1, 0.15) is 42.4 Å². The van der Waals surface area contributed by atoms with Gasteiger partial charge in [0.2, 0.25) is 0 Å². The second-order valence-corrected chi connectivity index (χ2v) is 16.1. The second kappa shape index (κ2) is 14.8. The van der Waals surface area contributed by atoms with Crippen molar-refractivity contribution in [1.82, 2.24) is 19.5 Å². The first-order chi connectivity index (χ1) is 23.6. The van der Waals surface area contributed by atoms with Gasteiger partial charge < -0.3 is 51.2 Å². The van der Waals surface area contributed by atoms with Gasteiger partial charge in [0.15, 0.2) is 46.9 Å². The molecule has 0 bridgehead atoms. The predicted molar refractivity (Wildman–Crippen MR) is 167 cm³/mol. The van der Waals surface area contributed by atoms with E-state index < -0.39 is 83.8 Å². The number of carbonyl (C=O) groups excluding carboxylic acids is 1. The highest BCUT2D eigenvalue weighted by molar-refractivity contribution is 7.99. The summed E-state index contributed by atoms with van der Waals surface area (Å²) in [5.41, 5.74) is 11.8. The summed E-state index contributed by atoms with van der Waals surface area (Å²) in [7, 11) is -10.8. The van der Waals surface area contributed by atoms with E-state index in [9.17, 15) is 44.1 Å². The van der Waals surface area contributed by atoms with E-state index in [0.717, 1.165) is 25.7 Å². The van der Waals surface area contributed by atoms with Crippen molar-refractivity contribution >= 4 is 50.3 Å². The molecule has 3 fully saturated rings. The molecule has 1 amide bonds. The van der Waals surface area contributed by atoms with E-state index in [0.29, 0.717) is 5.16 Å². The summed E-state index contributed by atoms with van der Waals surface area (Å²) in [6.45, 7) is -1.79. The average molecular weight is 765 g/mol. The third-order valence-electron chi connectivity index (χ3n) is 8.39. The minimum absolute atomic E-state index is 0.0723. The molecule has 0 aromatic carbocycles. The number of pyridine rings is 1. The molecule has 10 N–H and O–H groups in total. The molecule has 21 nitrogen and oxygen atoms in total. The number of aliphatic hydroxyl groups excluding tert-OH is 4. The quantitative estimate of drug-likeness (QED) is 0.0766. The summed E-state index contributed by atoms with van der Waals surface area (Å²) < 4.78 is 53.3. The molecule has 1 saturated carbocycles. The Bertz CT molecular complexity index is 1820. The molecule has 24 heteroatoms. The number of aliphatic hydroxyl groups is 4. The van der Waals surface area contributed by atoms with Crippen LogP contribution >= 0.6 is 27.4 Å². The minimum atomic E-state index is -5.40. The number of ether oxygens (including phenoxy) is 2. The van der Waals surface area contributed by atoms with E-state index in [2.05, 4.69) is 19.3 Å². The number of nitrogen functional groups attached to an aromatic ring is 1. The summed E-state index contributed by atoms with van der Waals surface area (Å²) >= 11 is 1.43. The molecule has 2 saturated heterocycles. The Hall–Kier alpha value is -2.66. The number of imidazole rings is 1. The first kappa shape index (κ1) is 37.1. The summed E-state index contributed by atoms with van der Waals surface area (Å²) in [6, 6.07) is 2.85. The number of hydrogen-bond acceptors (Lipinski definition) is 17. The van der Waals surface area contributed by atoms with Gasteiger partial charge in [0.05, 0.1) is 13.2 Å². The van der Waals surface area contributed by atoms with Gasteiger partial charge in [0, 0.05) is 11.3 Å². The van der Waals surface area contributed by atoms with Crippen molar-refractivity contribution in [3.63, 3.8) is 0 Å². The molecule has 0 radical (unpaired) electrons. The fourth-order valence-corrected chi connectivity index (χ4v) is 9.28. The summed E-state index contributed by atoms with van der Waals surface area (Å²) in [5.74, 6) is -0.676. The van der Waals surface area contributed by atoms with Crippen molar-refractivity contribution in [2.45, 2.75) is 85.2 Å². The van der Waals surface area contributed by atoms with Gasteiger partial charge in [-0.3, -0.25) is 18.4 Å². The number of primary amides is 1. The molecule has 3 aromatic rings. The zero-order chi connectivity index (χ0) is 36.0. The molecule has 274 valence electrons. The normalized spacial score (nSPS) is 31.2. The maximum Gasteiger partial charge on any atom is 0.481 e. The van der Waals surface area contributed by atoms with Crippen LogP contribution in [0.2, 0.25) is 0 Å². The van der Waals surface area contributed by atoms with Crippen LogP contribution in [0.25, 0.3) is 11.2 Å². The topological polar surface area (TPSA) is 318 Å². The van der Waals surface area contributed by atoms with Crippen molar-refractivity contribution < 1.29 is 71.5 Å². The highest BCUT2D eigenvalue weighted by Crippen LogP contribution is 2.61. The number of anilines is 1. The second-order valence-electron chi connectivity index (χ2n) is 11.8. The van der Waals surface area contributed by atoms with E-state index in [-0.39, 0.29) is 27.8 Å². The lowest BCUT2D eigenvalue weighted by molar-refractivity contribution is -0.765. The van der Waals surface area contributed by atoms with E-state index in [4.69, 9.17) is 30.0 Å². The Kier molecular flexibility index (Phi) is 11.0. The standard InChI is InChI=1S/C26H35N7O14P2S/c27-21-16-23(30-11-29-21)33(26(31-16)50-13-5-1-2-6-13)25-20(37)18(35)15(46-25)10-44-49(41,42)47-48(39,40)43-9-14-17(34)19(36)24(45-14)32-7-3-4-12(8-32)22(28)38/h3-4,7-8,11,13-15,17-20,24-25,34-37H,1-2,5-6,9-10H2,(H5-,27,28,29,30,38,39,40,41,42)/p+1/t14-,15-,17-,18-,19-,20-,24-,25-/m1/s1. The van der Waals surface area contributed by atoms with Crippen molar-refractivity contribution in [3.05, 3.63) is 36.4 Å². The van der Waals surface area contributed by atoms with Crippen LogP contribution in [-0.2, 0) is 32.0 Å². The van der Waals surface area contributed by atoms with Gasteiger partial charge in [-0.25, -0.2) is 24.1 Å². The number of phosphoric acid groups is 2. The largest absolute Gasteiger partial charge is 0.481 e. The minimum Gasteiger partial charge on any atom is -0.387 e. The maximum atomic E-state index is 12.7. The molecule has 1 aliphatic carbocycles. The summed E-state index contributed by atoms with van der Waals surface area (Å²) in [6.07, 6.45) is -4.08. The first-order valence-corrected chi connectivity index (χ1v) is 19.2. The number of hydrogen-bond donors (Lipinski definition) is 8. The van der Waals surface area contributed by atoms with Crippen molar-refractivity contribution in [3.8, 4) is 0 Å². The average Bonchev–Trinajstić information content (AvgIpc) is 3.83. The molecule has 50 heavy (non-hydrogen) atoms. The smallest absolute Gasteiger partial charge is 0.387 e. The van der Waals surface area contributed by atoms with Gasteiger partial charge >= 0.3 is 15.6 Å². The van der Waals surface area contributed by atoms with E-state index in [1.165, 1.54) is 51.7 Å². The van der Waals surface area contributed by atoms with Crippen LogP contribution < -0.4 is 16.0 Å². The SMILES string of the molecule is NC(=O)c1ccc[n+]([C@@H]2O[C@H](COP(=O)(O)OP(=O)(O)OC[C@H]3O[C@@H](n4c(SC5CCCC5)nc5c(N)ncnc54)[C@H](O)[C@@H]3O)[C@@H](O)[C@H]2O)c1. The molecule has 3 aliphatic rings. The molecule has 6 rings (SSSR count). The molecule has 2 aliphatic heterocycles. The number of nitrogens with zero attached hydrogens (tertiary/aromatic N) is 5. The molecule has 3 aromatic heterocycles. The molecular weight excluding hydrogens is 728 g/mol.